The van der Waals surface area contributed by atoms with Gasteiger partial charge in [0.05, 0.1) is 12.7 Å². The van der Waals surface area contributed by atoms with Crippen molar-refractivity contribution in [1.29, 1.82) is 0 Å². The van der Waals surface area contributed by atoms with Crippen molar-refractivity contribution >= 4 is 11.9 Å². The lowest BCUT2D eigenvalue weighted by atomic mass is 10.1. The van der Waals surface area contributed by atoms with E-state index in [1.807, 2.05) is 0 Å². The summed E-state index contributed by atoms with van der Waals surface area (Å²) in [7, 11) is 2.86. The van der Waals surface area contributed by atoms with Crippen LogP contribution in [-0.2, 0) is 4.84 Å². The highest BCUT2D eigenvalue weighted by Gasteiger charge is 2.11. The van der Waals surface area contributed by atoms with E-state index in [9.17, 15) is 9.59 Å². The Balaban J connectivity index is 2.89. The summed E-state index contributed by atoms with van der Waals surface area (Å²) in [5.41, 5.74) is 0.524. The fourth-order valence-electron chi connectivity index (χ4n) is 1.02. The predicted molar refractivity (Wildman–Crippen MR) is 52.5 cm³/mol. The summed E-state index contributed by atoms with van der Waals surface area (Å²) in [5, 5.41) is 9.71. The quantitative estimate of drug-likeness (QED) is 0.754. The van der Waals surface area contributed by atoms with Gasteiger partial charge in [-0.25, -0.2) is 9.86 Å². The third kappa shape index (κ3) is 2.54. The average molecular weight is 209 g/mol. The maximum absolute atomic E-state index is 11.5. The molecule has 1 aromatic rings. The Bertz CT molecular complexity index is 372. The molecule has 0 aromatic heterocycles. The molecule has 1 N–H and O–H groups in total. The summed E-state index contributed by atoms with van der Waals surface area (Å²) >= 11 is 0. The van der Waals surface area contributed by atoms with E-state index in [0.717, 1.165) is 5.06 Å². The molecule has 1 aromatic carbocycles. The molecule has 0 atom stereocenters. The molecule has 0 spiro atoms. The van der Waals surface area contributed by atoms with E-state index in [-0.39, 0.29) is 11.5 Å². The van der Waals surface area contributed by atoms with Gasteiger partial charge in [0.1, 0.15) is 0 Å². The molecule has 5 heteroatoms. The minimum atomic E-state index is -1.02. The van der Waals surface area contributed by atoms with E-state index in [1.54, 1.807) is 0 Å². The van der Waals surface area contributed by atoms with Crippen molar-refractivity contribution in [2.45, 2.75) is 0 Å². The first-order chi connectivity index (χ1) is 7.06. The van der Waals surface area contributed by atoms with Gasteiger partial charge in [-0.15, -0.1) is 0 Å². The van der Waals surface area contributed by atoms with Crippen LogP contribution in [0.5, 0.6) is 0 Å². The van der Waals surface area contributed by atoms with Crippen LogP contribution in [0.1, 0.15) is 20.7 Å². The molecule has 0 fully saturated rings. The first-order valence-corrected chi connectivity index (χ1v) is 4.21. The van der Waals surface area contributed by atoms with Gasteiger partial charge >= 0.3 is 5.97 Å². The predicted octanol–water partition coefficient (Wildman–Crippen LogP) is 1.02. The molecular formula is C10H11NO4. The smallest absolute Gasteiger partial charge is 0.335 e. The highest BCUT2D eigenvalue weighted by Crippen LogP contribution is 2.06. The average Bonchev–Trinajstić information content (AvgIpc) is 2.27. The maximum atomic E-state index is 11.5. The van der Waals surface area contributed by atoms with Crippen LogP contribution < -0.4 is 0 Å². The van der Waals surface area contributed by atoms with Crippen molar-refractivity contribution in [2.75, 3.05) is 14.2 Å². The molecule has 80 valence electrons. The number of rotatable bonds is 3. The van der Waals surface area contributed by atoms with E-state index < -0.39 is 5.97 Å². The standard InChI is InChI=1S/C10H11NO4/c1-11(15-2)9(12)7-3-5-8(6-4-7)10(13)14/h3-6H,1-2H3,(H,13,14). The fraction of sp³-hybridized carbons (Fsp3) is 0.200. The molecule has 0 bridgehead atoms. The highest BCUT2D eigenvalue weighted by atomic mass is 16.7. The number of amides is 1. The van der Waals surface area contributed by atoms with Gasteiger partial charge in [-0.2, -0.15) is 0 Å². The van der Waals surface area contributed by atoms with Crippen LogP contribution in [0.2, 0.25) is 0 Å². The maximum Gasteiger partial charge on any atom is 0.335 e. The summed E-state index contributed by atoms with van der Waals surface area (Å²) in [6.07, 6.45) is 0. The van der Waals surface area contributed by atoms with Crippen LogP contribution in [0.3, 0.4) is 0 Å². The molecule has 15 heavy (non-hydrogen) atoms. The number of hydrogen-bond donors (Lipinski definition) is 1. The van der Waals surface area contributed by atoms with Gasteiger partial charge in [0, 0.05) is 12.6 Å². The molecule has 0 heterocycles. The molecule has 0 radical (unpaired) electrons. The number of benzene rings is 1. The van der Waals surface area contributed by atoms with E-state index in [2.05, 4.69) is 0 Å². The number of hydroxylamine groups is 2. The lowest BCUT2D eigenvalue weighted by Crippen LogP contribution is -2.25. The number of aromatic carboxylic acids is 1. The number of carboxylic acid groups (broad SMARTS) is 1. The van der Waals surface area contributed by atoms with E-state index >= 15 is 0 Å². The second-order valence-electron chi connectivity index (χ2n) is 2.87. The van der Waals surface area contributed by atoms with Crippen molar-refractivity contribution < 1.29 is 19.5 Å². The van der Waals surface area contributed by atoms with E-state index in [0.29, 0.717) is 5.56 Å². The van der Waals surface area contributed by atoms with Gasteiger partial charge in [-0.05, 0) is 24.3 Å². The number of carbonyl (C=O) groups excluding carboxylic acids is 1. The molecule has 0 unspecified atom stereocenters. The summed E-state index contributed by atoms with van der Waals surface area (Å²) < 4.78 is 0. The first kappa shape index (κ1) is 11.2. The Kier molecular flexibility index (Phi) is 3.41. The molecule has 1 amide bonds. The van der Waals surface area contributed by atoms with Crippen molar-refractivity contribution in [2.24, 2.45) is 0 Å². The second-order valence-corrected chi connectivity index (χ2v) is 2.87. The molecule has 0 saturated carbocycles. The summed E-state index contributed by atoms with van der Waals surface area (Å²) in [4.78, 5) is 26.8. The van der Waals surface area contributed by atoms with Gasteiger partial charge in [-0.3, -0.25) is 9.63 Å². The third-order valence-electron chi connectivity index (χ3n) is 1.94. The van der Waals surface area contributed by atoms with Crippen LogP contribution in [0.25, 0.3) is 0 Å². The zero-order valence-electron chi connectivity index (χ0n) is 8.43. The van der Waals surface area contributed by atoms with Crippen LogP contribution >= 0.6 is 0 Å². The second kappa shape index (κ2) is 4.56. The Morgan fingerprint density at radius 1 is 1.20 bits per heavy atom. The Hall–Kier alpha value is -1.88. The highest BCUT2D eigenvalue weighted by molar-refractivity contribution is 5.95. The Morgan fingerprint density at radius 2 is 1.67 bits per heavy atom. The minimum absolute atomic E-state index is 0.145. The Morgan fingerprint density at radius 3 is 2.07 bits per heavy atom. The minimum Gasteiger partial charge on any atom is -0.478 e. The molecule has 0 aliphatic carbocycles. The van der Waals surface area contributed by atoms with Crippen molar-refractivity contribution in [3.63, 3.8) is 0 Å². The number of hydrogen-bond acceptors (Lipinski definition) is 3. The van der Waals surface area contributed by atoms with E-state index in [4.69, 9.17) is 9.94 Å². The zero-order chi connectivity index (χ0) is 11.4. The lowest BCUT2D eigenvalue weighted by Gasteiger charge is -2.13. The zero-order valence-corrected chi connectivity index (χ0v) is 8.43. The van der Waals surface area contributed by atoms with Gasteiger partial charge in [0.25, 0.3) is 5.91 Å². The largest absolute Gasteiger partial charge is 0.478 e. The summed E-state index contributed by atoms with van der Waals surface area (Å²) in [5.74, 6) is -1.34. The van der Waals surface area contributed by atoms with Crippen LogP contribution in [0, 0.1) is 0 Å². The monoisotopic (exact) mass is 209 g/mol. The molecule has 0 saturated heterocycles. The van der Waals surface area contributed by atoms with E-state index in [1.165, 1.54) is 38.4 Å². The SMILES string of the molecule is CON(C)C(=O)c1ccc(C(=O)O)cc1. The summed E-state index contributed by atoms with van der Waals surface area (Å²) in [6, 6.07) is 5.64. The summed E-state index contributed by atoms with van der Waals surface area (Å²) in [6.45, 7) is 0. The van der Waals surface area contributed by atoms with Gasteiger partial charge in [0.2, 0.25) is 0 Å². The molecule has 5 nitrogen and oxygen atoms in total. The van der Waals surface area contributed by atoms with Gasteiger partial charge < -0.3 is 5.11 Å². The number of carboxylic acids is 1. The number of nitrogens with zero attached hydrogens (tertiary/aromatic N) is 1. The topological polar surface area (TPSA) is 66.8 Å². The molecular weight excluding hydrogens is 198 g/mol. The molecule has 1 rings (SSSR count). The van der Waals surface area contributed by atoms with Crippen LogP contribution in [0.15, 0.2) is 24.3 Å². The molecule has 0 aliphatic rings. The first-order valence-electron chi connectivity index (χ1n) is 4.21. The lowest BCUT2D eigenvalue weighted by molar-refractivity contribution is -0.0757. The van der Waals surface area contributed by atoms with Crippen LogP contribution in [0.4, 0.5) is 0 Å². The molecule has 0 aliphatic heterocycles. The fourth-order valence-corrected chi connectivity index (χ4v) is 1.02. The number of carbonyl (C=O) groups is 2. The van der Waals surface area contributed by atoms with Crippen LogP contribution in [-0.4, -0.2) is 36.2 Å². The van der Waals surface area contributed by atoms with Gasteiger partial charge in [-0.1, -0.05) is 0 Å². The van der Waals surface area contributed by atoms with Crippen molar-refractivity contribution in [3.05, 3.63) is 35.4 Å². The van der Waals surface area contributed by atoms with Crippen molar-refractivity contribution in [1.82, 2.24) is 5.06 Å². The van der Waals surface area contributed by atoms with Crippen molar-refractivity contribution in [3.8, 4) is 0 Å². The van der Waals surface area contributed by atoms with Gasteiger partial charge in [0.15, 0.2) is 0 Å². The normalized spacial score (nSPS) is 9.73. The Labute approximate surface area is 86.8 Å². The third-order valence-corrected chi connectivity index (χ3v) is 1.94.